The van der Waals surface area contributed by atoms with Crippen molar-refractivity contribution in [2.45, 2.75) is 31.8 Å². The highest BCUT2D eigenvalue weighted by atomic mass is 16.3. The number of benzene rings is 1. The molecule has 0 bridgehead atoms. The van der Waals surface area contributed by atoms with Crippen LogP contribution in [0.25, 0.3) is 0 Å². The van der Waals surface area contributed by atoms with E-state index in [1.165, 1.54) is 5.56 Å². The number of nitrogens with zero attached hydrogens (tertiary/aromatic N) is 1. The number of carbonyl (C=O) groups excluding carboxylic acids is 1. The van der Waals surface area contributed by atoms with Crippen LogP contribution < -0.4 is 0 Å². The summed E-state index contributed by atoms with van der Waals surface area (Å²) in [7, 11) is 0. The minimum atomic E-state index is 0.204. The molecular weight excluding hydrogens is 190 g/mol. The molecule has 0 saturated heterocycles. The Morgan fingerprint density at radius 3 is 2.80 bits per heavy atom. The summed E-state index contributed by atoms with van der Waals surface area (Å²) >= 11 is 0. The Balaban J connectivity index is 1.94. The van der Waals surface area contributed by atoms with Crippen molar-refractivity contribution < 1.29 is 9.90 Å². The van der Waals surface area contributed by atoms with Gasteiger partial charge in [0, 0.05) is 12.6 Å². The average molecular weight is 203 g/mol. The molecule has 0 atom stereocenters. The van der Waals surface area contributed by atoms with E-state index in [-0.39, 0.29) is 11.7 Å². The van der Waals surface area contributed by atoms with E-state index in [1.807, 2.05) is 11.0 Å². The van der Waals surface area contributed by atoms with Gasteiger partial charge in [-0.3, -0.25) is 4.79 Å². The van der Waals surface area contributed by atoms with E-state index in [4.69, 9.17) is 0 Å². The summed E-state index contributed by atoms with van der Waals surface area (Å²) < 4.78 is 0. The van der Waals surface area contributed by atoms with Crippen molar-refractivity contribution in [3.05, 3.63) is 29.3 Å². The van der Waals surface area contributed by atoms with E-state index in [9.17, 15) is 9.90 Å². The minimum Gasteiger partial charge on any atom is -0.508 e. The van der Waals surface area contributed by atoms with Gasteiger partial charge in [-0.05, 0) is 36.1 Å². The van der Waals surface area contributed by atoms with E-state index >= 15 is 0 Å². The van der Waals surface area contributed by atoms with Gasteiger partial charge in [0.15, 0.2) is 0 Å². The van der Waals surface area contributed by atoms with E-state index < -0.39 is 0 Å². The van der Waals surface area contributed by atoms with Crippen molar-refractivity contribution in [1.82, 2.24) is 4.90 Å². The normalized spacial score (nSPS) is 20.3. The summed E-state index contributed by atoms with van der Waals surface area (Å²) in [6.07, 6.45) is 2.75. The van der Waals surface area contributed by atoms with Gasteiger partial charge in [-0.2, -0.15) is 0 Å². The Morgan fingerprint density at radius 1 is 1.27 bits per heavy atom. The van der Waals surface area contributed by atoms with Crippen molar-refractivity contribution in [3.63, 3.8) is 0 Å². The maximum Gasteiger partial charge on any atom is 0.227 e. The highest BCUT2D eigenvalue weighted by molar-refractivity contribution is 5.81. The Kier molecular flexibility index (Phi) is 1.75. The van der Waals surface area contributed by atoms with E-state index in [2.05, 4.69) is 0 Å². The molecule has 3 heteroatoms. The molecule has 0 aromatic heterocycles. The average Bonchev–Trinajstić information content (AvgIpc) is 3.00. The quantitative estimate of drug-likeness (QED) is 0.750. The second-order valence-electron chi connectivity index (χ2n) is 4.38. The van der Waals surface area contributed by atoms with Crippen LogP contribution in [0.4, 0.5) is 0 Å². The molecule has 15 heavy (non-hydrogen) atoms. The lowest BCUT2D eigenvalue weighted by atomic mass is 9.99. The number of amides is 1. The van der Waals surface area contributed by atoms with E-state index in [0.29, 0.717) is 12.5 Å². The first kappa shape index (κ1) is 8.77. The highest BCUT2D eigenvalue weighted by Crippen LogP contribution is 2.33. The van der Waals surface area contributed by atoms with Gasteiger partial charge in [0.2, 0.25) is 5.91 Å². The fourth-order valence-electron chi connectivity index (χ4n) is 2.19. The van der Waals surface area contributed by atoms with Gasteiger partial charge in [-0.1, -0.05) is 6.07 Å². The second-order valence-corrected chi connectivity index (χ2v) is 4.38. The van der Waals surface area contributed by atoms with Crippen LogP contribution in [0.15, 0.2) is 18.2 Å². The molecule has 1 aromatic carbocycles. The first-order valence-corrected chi connectivity index (χ1v) is 5.34. The van der Waals surface area contributed by atoms with Crippen molar-refractivity contribution in [1.29, 1.82) is 0 Å². The smallest absolute Gasteiger partial charge is 0.227 e. The maximum atomic E-state index is 11.8. The van der Waals surface area contributed by atoms with Gasteiger partial charge in [0.05, 0.1) is 6.42 Å². The first-order chi connectivity index (χ1) is 7.24. The molecule has 0 spiro atoms. The van der Waals surface area contributed by atoms with Crippen LogP contribution in [0, 0.1) is 0 Å². The Bertz CT molecular complexity index is 424. The van der Waals surface area contributed by atoms with Crippen molar-refractivity contribution in [2.75, 3.05) is 0 Å². The predicted molar refractivity (Wildman–Crippen MR) is 55.4 cm³/mol. The Labute approximate surface area is 88.3 Å². The number of hydrogen-bond acceptors (Lipinski definition) is 2. The SMILES string of the molecule is O=C1Cc2cc(O)ccc2CN1C1CC1. The molecule has 2 aliphatic rings. The molecule has 1 aliphatic heterocycles. The number of phenolic OH excluding ortho intramolecular Hbond substituents is 1. The topological polar surface area (TPSA) is 40.5 Å². The van der Waals surface area contributed by atoms with Crippen LogP contribution in [0.1, 0.15) is 24.0 Å². The van der Waals surface area contributed by atoms with Gasteiger partial charge >= 0.3 is 0 Å². The largest absolute Gasteiger partial charge is 0.508 e. The van der Waals surface area contributed by atoms with Crippen molar-refractivity contribution in [3.8, 4) is 5.75 Å². The lowest BCUT2D eigenvalue weighted by Crippen LogP contribution is -2.37. The minimum absolute atomic E-state index is 0.204. The van der Waals surface area contributed by atoms with Crippen molar-refractivity contribution in [2.24, 2.45) is 0 Å². The highest BCUT2D eigenvalue weighted by Gasteiger charge is 2.35. The zero-order valence-corrected chi connectivity index (χ0v) is 8.44. The summed E-state index contributed by atoms with van der Waals surface area (Å²) in [5.41, 5.74) is 2.16. The molecule has 1 aliphatic carbocycles. The third-order valence-corrected chi connectivity index (χ3v) is 3.18. The summed E-state index contributed by atoms with van der Waals surface area (Å²) in [5.74, 6) is 0.456. The van der Waals surface area contributed by atoms with Crippen LogP contribution in [0.3, 0.4) is 0 Å². The molecule has 3 rings (SSSR count). The van der Waals surface area contributed by atoms with Gasteiger partial charge < -0.3 is 10.0 Å². The summed E-state index contributed by atoms with van der Waals surface area (Å²) in [6.45, 7) is 0.721. The lowest BCUT2D eigenvalue weighted by Gasteiger charge is -2.28. The molecule has 3 nitrogen and oxygen atoms in total. The molecule has 1 aromatic rings. The summed E-state index contributed by atoms with van der Waals surface area (Å²) in [6, 6.07) is 5.81. The number of phenols is 1. The standard InChI is InChI=1S/C12H13NO2/c14-11-4-1-8-7-13(10-2-3-10)12(15)6-9(8)5-11/h1,4-5,10,14H,2-3,6-7H2. The van der Waals surface area contributed by atoms with Crippen LogP contribution in [0.5, 0.6) is 5.75 Å². The molecular formula is C12H13NO2. The molecule has 1 N–H and O–H groups in total. The van der Waals surface area contributed by atoms with Crippen LogP contribution in [-0.2, 0) is 17.8 Å². The molecule has 1 saturated carbocycles. The Hall–Kier alpha value is -1.51. The zero-order chi connectivity index (χ0) is 10.4. The summed E-state index contributed by atoms with van der Waals surface area (Å²) in [5, 5.41) is 9.34. The fourth-order valence-corrected chi connectivity index (χ4v) is 2.19. The van der Waals surface area contributed by atoms with Crippen molar-refractivity contribution >= 4 is 5.91 Å². The molecule has 0 radical (unpaired) electrons. The van der Waals surface area contributed by atoms with Gasteiger partial charge in [0.25, 0.3) is 0 Å². The Morgan fingerprint density at radius 2 is 2.07 bits per heavy atom. The van der Waals surface area contributed by atoms with Gasteiger partial charge in [0.1, 0.15) is 5.75 Å². The van der Waals surface area contributed by atoms with Gasteiger partial charge in [-0.15, -0.1) is 0 Å². The monoisotopic (exact) mass is 203 g/mol. The third kappa shape index (κ3) is 1.48. The van der Waals surface area contributed by atoms with Crippen LogP contribution >= 0.6 is 0 Å². The number of aromatic hydroxyl groups is 1. The summed E-state index contributed by atoms with van der Waals surface area (Å²) in [4.78, 5) is 13.8. The van der Waals surface area contributed by atoms with E-state index in [0.717, 1.165) is 24.9 Å². The number of rotatable bonds is 1. The van der Waals surface area contributed by atoms with Crippen LogP contribution in [-0.4, -0.2) is 22.0 Å². The molecule has 0 unspecified atom stereocenters. The van der Waals surface area contributed by atoms with E-state index in [1.54, 1.807) is 12.1 Å². The number of carbonyl (C=O) groups is 1. The molecule has 1 heterocycles. The number of fused-ring (bicyclic) bond motifs is 1. The molecule has 1 amide bonds. The molecule has 1 fully saturated rings. The second kappa shape index (κ2) is 2.99. The lowest BCUT2D eigenvalue weighted by molar-refractivity contribution is -0.132. The third-order valence-electron chi connectivity index (χ3n) is 3.18. The zero-order valence-electron chi connectivity index (χ0n) is 8.44. The first-order valence-electron chi connectivity index (χ1n) is 5.34. The predicted octanol–water partition coefficient (Wildman–Crippen LogP) is 1.44. The maximum absolute atomic E-state index is 11.8. The van der Waals surface area contributed by atoms with Gasteiger partial charge in [-0.25, -0.2) is 0 Å². The fraction of sp³-hybridized carbons (Fsp3) is 0.417. The van der Waals surface area contributed by atoms with Crippen LogP contribution in [0.2, 0.25) is 0 Å². The molecule has 78 valence electrons. The number of hydrogen-bond donors (Lipinski definition) is 1.